The molecule has 6 heteroatoms. The first-order valence-corrected chi connectivity index (χ1v) is 8.05. The molecule has 24 heavy (non-hydrogen) atoms. The van der Waals surface area contributed by atoms with E-state index in [4.69, 9.17) is 27.9 Å². The van der Waals surface area contributed by atoms with Gasteiger partial charge in [-0.1, -0.05) is 53.5 Å². The van der Waals surface area contributed by atoms with E-state index in [-0.39, 0.29) is 12.3 Å². The van der Waals surface area contributed by atoms with E-state index in [0.29, 0.717) is 22.4 Å². The molecule has 1 heterocycles. The Hall–Kier alpha value is -2.30. The second kappa shape index (κ2) is 7.51. The zero-order valence-electron chi connectivity index (χ0n) is 12.6. The molecule has 1 amide bonds. The lowest BCUT2D eigenvalue weighted by Gasteiger charge is -2.17. The molecule has 0 bridgehead atoms. The number of nitrogens with zero attached hydrogens (tertiary/aromatic N) is 1. The van der Waals surface area contributed by atoms with Crippen molar-refractivity contribution < 1.29 is 9.53 Å². The average molecular weight is 361 g/mol. The fraction of sp³-hybridized carbons (Fsp3) is 0.111. The Morgan fingerprint density at radius 3 is 2.83 bits per heavy atom. The van der Waals surface area contributed by atoms with Gasteiger partial charge in [0.25, 0.3) is 0 Å². The van der Waals surface area contributed by atoms with E-state index in [1.165, 1.54) is 0 Å². The standard InChI is InChI=1S/C18H14Cl2N2O2/c19-15-8-14-6-13(11-24-18(14)16(20)9-15)10-21-22-17(23)7-12-4-2-1-3-5-12/h1-6,8-10H,7,11H2,(H,22,23). The number of rotatable bonds is 4. The van der Waals surface area contributed by atoms with Crippen LogP contribution < -0.4 is 10.2 Å². The summed E-state index contributed by atoms with van der Waals surface area (Å²) in [5.74, 6) is 0.424. The van der Waals surface area contributed by atoms with E-state index < -0.39 is 0 Å². The van der Waals surface area contributed by atoms with E-state index in [2.05, 4.69) is 10.5 Å². The van der Waals surface area contributed by atoms with Gasteiger partial charge in [-0.25, -0.2) is 5.43 Å². The van der Waals surface area contributed by atoms with Gasteiger partial charge < -0.3 is 4.74 Å². The van der Waals surface area contributed by atoms with Crippen molar-refractivity contribution in [1.82, 2.24) is 5.43 Å². The van der Waals surface area contributed by atoms with Gasteiger partial charge in [0.05, 0.1) is 17.7 Å². The molecule has 0 fully saturated rings. The van der Waals surface area contributed by atoms with Crippen molar-refractivity contribution in [2.24, 2.45) is 5.10 Å². The molecular weight excluding hydrogens is 347 g/mol. The summed E-state index contributed by atoms with van der Waals surface area (Å²) in [7, 11) is 0. The van der Waals surface area contributed by atoms with Gasteiger partial charge in [0.15, 0.2) is 0 Å². The summed E-state index contributed by atoms with van der Waals surface area (Å²) in [6.07, 6.45) is 3.71. The summed E-state index contributed by atoms with van der Waals surface area (Å²) in [4.78, 5) is 11.8. The van der Waals surface area contributed by atoms with Crippen LogP contribution in [0.15, 0.2) is 53.1 Å². The average Bonchev–Trinajstić information content (AvgIpc) is 2.55. The Kier molecular flexibility index (Phi) is 5.18. The van der Waals surface area contributed by atoms with Crippen LogP contribution in [0.25, 0.3) is 6.08 Å². The predicted octanol–water partition coefficient (Wildman–Crippen LogP) is 4.11. The third kappa shape index (κ3) is 4.16. The number of ether oxygens (including phenoxy) is 1. The van der Waals surface area contributed by atoms with E-state index in [0.717, 1.165) is 16.7 Å². The number of benzene rings is 2. The van der Waals surface area contributed by atoms with E-state index in [1.807, 2.05) is 36.4 Å². The molecule has 0 saturated heterocycles. The summed E-state index contributed by atoms with van der Waals surface area (Å²) in [6.45, 7) is 0.326. The molecular formula is C18H14Cl2N2O2. The Balaban J connectivity index is 1.63. The smallest absolute Gasteiger partial charge is 0.244 e. The van der Waals surface area contributed by atoms with Crippen LogP contribution in [0.5, 0.6) is 5.75 Å². The molecule has 3 rings (SSSR count). The molecule has 2 aromatic carbocycles. The third-order valence-electron chi connectivity index (χ3n) is 3.39. The fourth-order valence-electron chi connectivity index (χ4n) is 2.32. The molecule has 1 N–H and O–H groups in total. The molecule has 4 nitrogen and oxygen atoms in total. The first-order valence-electron chi connectivity index (χ1n) is 7.30. The van der Waals surface area contributed by atoms with Crippen LogP contribution in [-0.2, 0) is 11.2 Å². The minimum atomic E-state index is -0.179. The number of fused-ring (bicyclic) bond motifs is 1. The molecule has 0 radical (unpaired) electrons. The van der Waals surface area contributed by atoms with Crippen LogP contribution in [0.1, 0.15) is 11.1 Å². The highest BCUT2D eigenvalue weighted by Crippen LogP contribution is 2.36. The van der Waals surface area contributed by atoms with Crippen molar-refractivity contribution in [3.8, 4) is 5.75 Å². The van der Waals surface area contributed by atoms with Crippen LogP contribution in [-0.4, -0.2) is 18.7 Å². The van der Waals surface area contributed by atoms with Gasteiger partial charge >= 0.3 is 0 Å². The van der Waals surface area contributed by atoms with Gasteiger partial charge in [-0.2, -0.15) is 5.10 Å². The highest BCUT2D eigenvalue weighted by molar-refractivity contribution is 6.36. The van der Waals surface area contributed by atoms with E-state index >= 15 is 0 Å². The van der Waals surface area contributed by atoms with Gasteiger partial charge in [-0.15, -0.1) is 0 Å². The zero-order chi connectivity index (χ0) is 16.9. The first-order chi connectivity index (χ1) is 11.6. The van der Waals surface area contributed by atoms with Gasteiger partial charge in [0.2, 0.25) is 5.91 Å². The molecule has 0 aromatic heterocycles. The topological polar surface area (TPSA) is 50.7 Å². The normalized spacial score (nSPS) is 13.2. The number of halogens is 2. The monoisotopic (exact) mass is 360 g/mol. The number of carbonyl (C=O) groups is 1. The van der Waals surface area contributed by atoms with Crippen LogP contribution in [0, 0.1) is 0 Å². The van der Waals surface area contributed by atoms with Crippen molar-refractivity contribution in [3.63, 3.8) is 0 Å². The minimum absolute atomic E-state index is 0.179. The van der Waals surface area contributed by atoms with Gasteiger partial charge in [0, 0.05) is 16.2 Å². The van der Waals surface area contributed by atoms with Crippen molar-refractivity contribution >= 4 is 41.4 Å². The molecule has 0 saturated carbocycles. The molecule has 1 aliphatic rings. The summed E-state index contributed by atoms with van der Waals surface area (Å²) in [6, 6.07) is 12.9. The first kappa shape index (κ1) is 16.6. The van der Waals surface area contributed by atoms with Crippen LogP contribution >= 0.6 is 23.2 Å². The van der Waals surface area contributed by atoms with Crippen LogP contribution in [0.3, 0.4) is 0 Å². The van der Waals surface area contributed by atoms with Crippen molar-refractivity contribution in [2.75, 3.05) is 6.61 Å². The maximum absolute atomic E-state index is 11.8. The number of nitrogens with one attached hydrogen (secondary N) is 1. The Labute approximate surface area is 149 Å². The van der Waals surface area contributed by atoms with E-state index in [1.54, 1.807) is 18.3 Å². The lowest BCUT2D eigenvalue weighted by Crippen LogP contribution is -2.20. The van der Waals surface area contributed by atoms with Crippen molar-refractivity contribution in [2.45, 2.75) is 6.42 Å². The predicted molar refractivity (Wildman–Crippen MR) is 96.7 cm³/mol. The SMILES string of the molecule is O=C(Cc1ccccc1)NN=CC1=Cc2cc(Cl)cc(Cl)c2OC1. The second-order valence-corrected chi connectivity index (χ2v) is 6.11. The highest BCUT2D eigenvalue weighted by Gasteiger charge is 2.15. The van der Waals surface area contributed by atoms with Crippen LogP contribution in [0.4, 0.5) is 0 Å². The largest absolute Gasteiger partial charge is 0.487 e. The lowest BCUT2D eigenvalue weighted by molar-refractivity contribution is -0.120. The van der Waals surface area contributed by atoms with Crippen molar-refractivity contribution in [1.29, 1.82) is 0 Å². The number of amides is 1. The molecule has 2 aromatic rings. The Morgan fingerprint density at radius 1 is 1.25 bits per heavy atom. The Morgan fingerprint density at radius 2 is 2.04 bits per heavy atom. The number of carbonyl (C=O) groups excluding carboxylic acids is 1. The second-order valence-electron chi connectivity index (χ2n) is 5.27. The molecule has 0 unspecified atom stereocenters. The number of hydrazone groups is 1. The molecule has 1 aliphatic heterocycles. The maximum Gasteiger partial charge on any atom is 0.244 e. The van der Waals surface area contributed by atoms with Crippen LogP contribution in [0.2, 0.25) is 10.0 Å². The zero-order valence-corrected chi connectivity index (χ0v) is 14.1. The number of hydrogen-bond acceptors (Lipinski definition) is 3. The minimum Gasteiger partial charge on any atom is -0.487 e. The van der Waals surface area contributed by atoms with Gasteiger partial charge in [-0.05, 0) is 23.8 Å². The van der Waals surface area contributed by atoms with Gasteiger partial charge in [-0.3, -0.25) is 4.79 Å². The summed E-state index contributed by atoms with van der Waals surface area (Å²) < 4.78 is 5.61. The molecule has 122 valence electrons. The number of hydrogen-bond donors (Lipinski definition) is 1. The maximum atomic E-state index is 11.8. The molecule has 0 aliphatic carbocycles. The van der Waals surface area contributed by atoms with Gasteiger partial charge in [0.1, 0.15) is 12.4 Å². The molecule has 0 spiro atoms. The fourth-order valence-corrected chi connectivity index (χ4v) is 2.88. The third-order valence-corrected chi connectivity index (χ3v) is 3.89. The molecule has 0 atom stereocenters. The summed E-state index contributed by atoms with van der Waals surface area (Å²) >= 11 is 12.1. The summed E-state index contributed by atoms with van der Waals surface area (Å²) in [5.41, 5.74) is 5.04. The summed E-state index contributed by atoms with van der Waals surface area (Å²) in [5, 5.41) is 4.98. The van der Waals surface area contributed by atoms with Crippen molar-refractivity contribution in [3.05, 3.63) is 69.2 Å². The highest BCUT2D eigenvalue weighted by atomic mass is 35.5. The quantitative estimate of drug-likeness (QED) is 0.658. The lowest BCUT2D eigenvalue weighted by atomic mass is 10.1. The van der Waals surface area contributed by atoms with E-state index in [9.17, 15) is 4.79 Å². The Bertz CT molecular complexity index is 817.